The summed E-state index contributed by atoms with van der Waals surface area (Å²) < 4.78 is 45.4. The van der Waals surface area contributed by atoms with E-state index < -0.39 is 6.11 Å². The van der Waals surface area contributed by atoms with Gasteiger partial charge in [-0.3, -0.25) is 4.79 Å². The first-order valence-electron chi connectivity index (χ1n) is 11.0. The molecule has 0 radical (unpaired) electrons. The second kappa shape index (κ2) is 11.3. The molecule has 0 aliphatic carbocycles. The number of nitrogens with one attached hydrogen (secondary N) is 1. The van der Waals surface area contributed by atoms with E-state index in [-0.39, 0.29) is 29.9 Å². The highest BCUT2D eigenvalue weighted by Crippen LogP contribution is 2.32. The molecule has 1 aromatic carbocycles. The van der Waals surface area contributed by atoms with E-state index in [1.165, 1.54) is 12.1 Å². The van der Waals surface area contributed by atoms with Crippen molar-refractivity contribution in [3.63, 3.8) is 0 Å². The van der Waals surface area contributed by atoms with Crippen LogP contribution in [0, 0.1) is 5.82 Å². The van der Waals surface area contributed by atoms with Crippen LogP contribution >= 0.6 is 0 Å². The molecule has 0 aromatic heterocycles. The van der Waals surface area contributed by atoms with E-state index in [0.717, 1.165) is 5.57 Å². The van der Waals surface area contributed by atoms with E-state index >= 15 is 0 Å². The fourth-order valence-corrected chi connectivity index (χ4v) is 3.71. The highest BCUT2D eigenvalue weighted by molar-refractivity contribution is 5.93. The second-order valence-corrected chi connectivity index (χ2v) is 8.57. The maximum Gasteiger partial charge on any atom is 0.394 e. The van der Waals surface area contributed by atoms with Crippen LogP contribution in [0.1, 0.15) is 57.6 Å². The minimum absolute atomic E-state index is 0.0447. The lowest BCUT2D eigenvalue weighted by molar-refractivity contribution is -0.194. The van der Waals surface area contributed by atoms with Gasteiger partial charge in [-0.1, -0.05) is 30.9 Å². The Morgan fingerprint density at radius 1 is 1.27 bits per heavy atom. The quantitative estimate of drug-likeness (QED) is 0.270. The van der Waals surface area contributed by atoms with Gasteiger partial charge in [0.2, 0.25) is 5.91 Å². The maximum atomic E-state index is 14.8. The van der Waals surface area contributed by atoms with Gasteiger partial charge < -0.3 is 15.0 Å². The molecule has 1 saturated heterocycles. The SMILES string of the molecule is C=C/C(=C\C(=C)OC(C)(F)F)N1CCC(c2ccc(CNC(=O)C(C)=C(C)C)cc2F)CC1. The molecule has 1 aliphatic rings. The lowest BCUT2D eigenvalue weighted by Crippen LogP contribution is -2.32. The molecule has 0 spiro atoms. The molecule has 0 bridgehead atoms. The van der Waals surface area contributed by atoms with Crippen LogP contribution in [0.3, 0.4) is 0 Å². The van der Waals surface area contributed by atoms with Gasteiger partial charge in [0.1, 0.15) is 11.6 Å². The van der Waals surface area contributed by atoms with Crippen LogP contribution < -0.4 is 5.32 Å². The summed E-state index contributed by atoms with van der Waals surface area (Å²) in [4.78, 5) is 14.1. The van der Waals surface area contributed by atoms with E-state index in [4.69, 9.17) is 0 Å². The number of halogens is 3. The van der Waals surface area contributed by atoms with Crippen molar-refractivity contribution in [3.8, 4) is 0 Å². The average molecular weight is 463 g/mol. The van der Waals surface area contributed by atoms with E-state index in [2.05, 4.69) is 23.2 Å². The molecule has 1 amide bonds. The Balaban J connectivity index is 1.98. The van der Waals surface area contributed by atoms with Crippen molar-refractivity contribution >= 4 is 5.91 Å². The second-order valence-electron chi connectivity index (χ2n) is 8.57. The summed E-state index contributed by atoms with van der Waals surface area (Å²) in [7, 11) is 0. The molecule has 0 atom stereocenters. The molecule has 180 valence electrons. The minimum Gasteiger partial charge on any atom is -0.433 e. The topological polar surface area (TPSA) is 41.6 Å². The molecule has 1 aliphatic heterocycles. The van der Waals surface area contributed by atoms with Crippen molar-refractivity contribution < 1.29 is 22.7 Å². The first-order valence-corrected chi connectivity index (χ1v) is 11.0. The number of hydrogen-bond acceptors (Lipinski definition) is 3. The Hall–Kier alpha value is -2.96. The number of amides is 1. The number of carbonyl (C=O) groups is 1. The van der Waals surface area contributed by atoms with Gasteiger partial charge in [-0.2, -0.15) is 8.78 Å². The van der Waals surface area contributed by atoms with Crippen molar-refractivity contribution in [2.75, 3.05) is 13.1 Å². The average Bonchev–Trinajstić information content (AvgIpc) is 2.74. The van der Waals surface area contributed by atoms with Gasteiger partial charge in [0.15, 0.2) is 0 Å². The zero-order chi connectivity index (χ0) is 24.8. The summed E-state index contributed by atoms with van der Waals surface area (Å²) >= 11 is 0. The minimum atomic E-state index is -3.30. The summed E-state index contributed by atoms with van der Waals surface area (Å²) in [6.07, 6.45) is 1.11. The summed E-state index contributed by atoms with van der Waals surface area (Å²) in [6, 6.07) is 5.10. The first-order chi connectivity index (χ1) is 15.4. The summed E-state index contributed by atoms with van der Waals surface area (Å²) in [6.45, 7) is 14.9. The third kappa shape index (κ3) is 7.84. The van der Waals surface area contributed by atoms with Crippen LogP contribution in [0.5, 0.6) is 0 Å². The fourth-order valence-electron chi connectivity index (χ4n) is 3.71. The lowest BCUT2D eigenvalue weighted by Gasteiger charge is -2.34. The maximum absolute atomic E-state index is 14.8. The zero-order valence-electron chi connectivity index (χ0n) is 19.8. The van der Waals surface area contributed by atoms with Gasteiger partial charge in [-0.15, -0.1) is 0 Å². The number of carbonyl (C=O) groups excluding carboxylic acids is 1. The molecule has 1 N–H and O–H groups in total. The molecular formula is C26H33F3N2O2. The van der Waals surface area contributed by atoms with E-state index in [9.17, 15) is 18.0 Å². The molecule has 2 rings (SSSR count). The number of nitrogens with zero attached hydrogens (tertiary/aromatic N) is 1. The monoisotopic (exact) mass is 462 g/mol. The zero-order valence-corrected chi connectivity index (χ0v) is 19.8. The van der Waals surface area contributed by atoms with Crippen molar-refractivity contribution in [1.29, 1.82) is 0 Å². The Bertz CT molecular complexity index is 949. The lowest BCUT2D eigenvalue weighted by atomic mass is 9.88. The molecule has 0 saturated carbocycles. The van der Waals surface area contributed by atoms with E-state index in [1.54, 1.807) is 19.1 Å². The number of piperidine rings is 1. The number of alkyl halides is 2. The molecular weight excluding hydrogens is 429 g/mol. The molecule has 33 heavy (non-hydrogen) atoms. The smallest absolute Gasteiger partial charge is 0.394 e. The molecule has 4 nitrogen and oxygen atoms in total. The molecule has 7 heteroatoms. The van der Waals surface area contributed by atoms with Crippen molar-refractivity contribution in [2.45, 2.75) is 59.1 Å². The standard InChI is InChI=1S/C26H33F3N2O2/c1-7-22(14-18(4)33-26(6,28)29)31-12-10-21(11-13-31)23-9-8-20(15-24(23)27)16-30-25(32)19(5)17(2)3/h7-9,14-15,21H,1,4,10-13,16H2,2-3,5-6H3,(H,30,32)/b22-14+. The van der Waals surface area contributed by atoms with E-state index in [1.807, 2.05) is 24.8 Å². The third-order valence-electron chi connectivity index (χ3n) is 5.74. The Kier molecular flexibility index (Phi) is 8.97. The number of likely N-dealkylation sites (tertiary alicyclic amines) is 1. The van der Waals surface area contributed by atoms with Crippen LogP contribution in [-0.4, -0.2) is 30.0 Å². The normalized spacial score (nSPS) is 15.1. The number of hydrogen-bond donors (Lipinski definition) is 1. The van der Waals surface area contributed by atoms with Gasteiger partial charge in [0, 0.05) is 43.9 Å². The summed E-state index contributed by atoms with van der Waals surface area (Å²) in [5.41, 5.74) is 3.58. The van der Waals surface area contributed by atoms with Gasteiger partial charge in [0.25, 0.3) is 0 Å². The number of ether oxygens (including phenoxy) is 1. The van der Waals surface area contributed by atoms with Crippen molar-refractivity contribution in [2.24, 2.45) is 0 Å². The Labute approximate surface area is 194 Å². The number of rotatable bonds is 9. The van der Waals surface area contributed by atoms with Crippen molar-refractivity contribution in [3.05, 3.63) is 83.1 Å². The molecule has 1 heterocycles. The number of benzene rings is 1. The highest BCUT2D eigenvalue weighted by Gasteiger charge is 2.25. The van der Waals surface area contributed by atoms with Gasteiger partial charge in [-0.05, 0) is 62.8 Å². The van der Waals surface area contributed by atoms with Crippen LogP contribution in [0.4, 0.5) is 13.2 Å². The predicted octanol–water partition coefficient (Wildman–Crippen LogP) is 6.19. The molecule has 0 unspecified atom stereocenters. The van der Waals surface area contributed by atoms with Crippen LogP contribution in [-0.2, 0) is 16.1 Å². The third-order valence-corrected chi connectivity index (χ3v) is 5.74. The first kappa shape index (κ1) is 26.3. The summed E-state index contributed by atoms with van der Waals surface area (Å²) in [5.74, 6) is -0.546. The Morgan fingerprint density at radius 2 is 1.91 bits per heavy atom. The molecule has 1 fully saturated rings. The predicted molar refractivity (Wildman–Crippen MR) is 125 cm³/mol. The van der Waals surface area contributed by atoms with Crippen LogP contribution in [0.2, 0.25) is 0 Å². The van der Waals surface area contributed by atoms with E-state index in [0.29, 0.717) is 55.3 Å². The van der Waals surface area contributed by atoms with Crippen molar-refractivity contribution in [1.82, 2.24) is 10.2 Å². The van der Waals surface area contributed by atoms with Gasteiger partial charge in [0.05, 0.1) is 0 Å². The fraction of sp³-hybridized carbons (Fsp3) is 0.423. The Morgan fingerprint density at radius 3 is 2.42 bits per heavy atom. The molecule has 1 aromatic rings. The number of allylic oxidation sites excluding steroid dienone is 3. The van der Waals surface area contributed by atoms with Gasteiger partial charge >= 0.3 is 6.11 Å². The summed E-state index contributed by atoms with van der Waals surface area (Å²) in [5, 5.41) is 2.81. The highest BCUT2D eigenvalue weighted by atomic mass is 19.3. The van der Waals surface area contributed by atoms with Crippen LogP contribution in [0.15, 0.2) is 66.1 Å². The van der Waals surface area contributed by atoms with Crippen LogP contribution in [0.25, 0.3) is 0 Å². The van der Waals surface area contributed by atoms with Gasteiger partial charge in [-0.25, -0.2) is 4.39 Å². The largest absolute Gasteiger partial charge is 0.433 e.